The van der Waals surface area contributed by atoms with Crippen LogP contribution in [-0.4, -0.2) is 75.6 Å². The summed E-state index contributed by atoms with van der Waals surface area (Å²) in [5, 5.41) is 15.2. The van der Waals surface area contributed by atoms with Crippen molar-refractivity contribution in [3.8, 4) is 0 Å². The molecule has 3 unspecified atom stereocenters. The highest BCUT2D eigenvalue weighted by molar-refractivity contribution is 5.95. The molecule has 4 bridgehead atoms. The predicted octanol–water partition coefficient (Wildman–Crippen LogP) is 1.64. The van der Waals surface area contributed by atoms with E-state index in [-0.39, 0.29) is 24.7 Å². The summed E-state index contributed by atoms with van der Waals surface area (Å²) in [6.45, 7) is 4.30. The average molecular weight is 417 g/mol. The molecule has 6 rings (SSSR count). The number of hydrogen-bond acceptors (Lipinski definition) is 7. The minimum Gasteiger partial charge on any atom is -0.390 e. The molecule has 1 aromatic heterocycles. The highest BCUT2D eigenvalue weighted by Gasteiger charge is 2.57. The largest absolute Gasteiger partial charge is 0.390 e. The zero-order valence-corrected chi connectivity index (χ0v) is 17.9. The van der Waals surface area contributed by atoms with Gasteiger partial charge < -0.3 is 14.6 Å². The first-order valence-corrected chi connectivity index (χ1v) is 11.2. The Bertz CT molecular complexity index is 789. The quantitative estimate of drug-likeness (QED) is 0.781. The van der Waals surface area contributed by atoms with E-state index in [9.17, 15) is 9.90 Å². The number of amides is 1. The van der Waals surface area contributed by atoms with Crippen LogP contribution in [0.3, 0.4) is 0 Å². The van der Waals surface area contributed by atoms with E-state index in [1.165, 1.54) is 6.33 Å². The zero-order valence-electron chi connectivity index (χ0n) is 17.9. The maximum atomic E-state index is 14.0. The van der Waals surface area contributed by atoms with E-state index in [1.54, 1.807) is 13.3 Å². The SMILES string of the molecule is COCc1ncncc1C(=O)N(C1C2CC3CC1CC(O)(C3)C2)N1CCOC(C)C1. The Morgan fingerprint density at radius 2 is 2.13 bits per heavy atom. The van der Waals surface area contributed by atoms with Gasteiger partial charge in [-0.1, -0.05) is 0 Å². The van der Waals surface area contributed by atoms with E-state index in [1.807, 2.05) is 5.01 Å². The molecule has 8 heteroatoms. The minimum atomic E-state index is -0.531. The van der Waals surface area contributed by atoms with Crippen LogP contribution >= 0.6 is 0 Å². The van der Waals surface area contributed by atoms with E-state index in [0.717, 1.165) is 32.1 Å². The molecule has 1 saturated heterocycles. The highest BCUT2D eigenvalue weighted by atomic mass is 16.5. The normalized spacial score (nSPS) is 38.0. The number of aromatic nitrogens is 2. The summed E-state index contributed by atoms with van der Waals surface area (Å²) in [5.41, 5.74) is 0.592. The molecule has 1 amide bonds. The third kappa shape index (κ3) is 3.53. The van der Waals surface area contributed by atoms with Gasteiger partial charge in [0.2, 0.25) is 0 Å². The van der Waals surface area contributed by atoms with E-state index in [2.05, 4.69) is 21.9 Å². The molecule has 8 nitrogen and oxygen atoms in total. The molecule has 3 atom stereocenters. The maximum absolute atomic E-state index is 14.0. The van der Waals surface area contributed by atoms with Crippen LogP contribution < -0.4 is 0 Å². The van der Waals surface area contributed by atoms with Gasteiger partial charge >= 0.3 is 0 Å². The number of ether oxygens (including phenoxy) is 2. The molecular weight excluding hydrogens is 384 g/mol. The molecule has 4 aliphatic carbocycles. The predicted molar refractivity (Wildman–Crippen MR) is 108 cm³/mol. The second-order valence-corrected chi connectivity index (χ2v) is 9.74. The third-order valence-corrected chi connectivity index (χ3v) is 7.51. The molecule has 164 valence electrons. The van der Waals surface area contributed by atoms with Gasteiger partial charge in [0.25, 0.3) is 5.91 Å². The summed E-state index contributed by atoms with van der Waals surface area (Å²) in [4.78, 5) is 22.4. The number of aliphatic hydroxyl groups is 1. The number of morpholine rings is 1. The molecule has 30 heavy (non-hydrogen) atoms. The fraction of sp³-hybridized carbons (Fsp3) is 0.773. The van der Waals surface area contributed by atoms with Crippen LogP contribution in [-0.2, 0) is 16.1 Å². The number of methoxy groups -OCH3 is 1. The molecular formula is C22H32N4O4. The van der Waals surface area contributed by atoms with Crippen LogP contribution in [0.1, 0.15) is 55.1 Å². The molecule has 0 radical (unpaired) electrons. The van der Waals surface area contributed by atoms with Crippen LogP contribution in [0, 0.1) is 17.8 Å². The second kappa shape index (κ2) is 7.82. The van der Waals surface area contributed by atoms with Gasteiger partial charge in [0.1, 0.15) is 6.33 Å². The van der Waals surface area contributed by atoms with Gasteiger partial charge in [0, 0.05) is 26.4 Å². The minimum absolute atomic E-state index is 0.0544. The molecule has 4 saturated carbocycles. The first kappa shape index (κ1) is 20.3. The van der Waals surface area contributed by atoms with Gasteiger partial charge in [-0.3, -0.25) is 9.80 Å². The van der Waals surface area contributed by atoms with Crippen LogP contribution in [0.2, 0.25) is 0 Å². The number of hydrazine groups is 1. The average Bonchev–Trinajstić information content (AvgIpc) is 2.70. The van der Waals surface area contributed by atoms with E-state index in [4.69, 9.17) is 9.47 Å². The first-order chi connectivity index (χ1) is 14.5. The fourth-order valence-electron chi connectivity index (χ4n) is 6.71. The third-order valence-electron chi connectivity index (χ3n) is 7.51. The molecule has 5 aliphatic rings. The Kier molecular flexibility index (Phi) is 5.29. The van der Waals surface area contributed by atoms with Crippen molar-refractivity contribution in [3.63, 3.8) is 0 Å². The highest BCUT2D eigenvalue weighted by Crippen LogP contribution is 2.57. The van der Waals surface area contributed by atoms with Crippen molar-refractivity contribution in [1.82, 2.24) is 20.0 Å². The van der Waals surface area contributed by atoms with Crippen molar-refractivity contribution >= 4 is 5.91 Å². The smallest absolute Gasteiger partial charge is 0.271 e. The van der Waals surface area contributed by atoms with Gasteiger partial charge in [-0.25, -0.2) is 15.0 Å². The van der Waals surface area contributed by atoms with E-state index in [0.29, 0.717) is 48.7 Å². The maximum Gasteiger partial charge on any atom is 0.271 e. The first-order valence-electron chi connectivity index (χ1n) is 11.2. The van der Waals surface area contributed by atoms with E-state index < -0.39 is 5.60 Å². The Labute approximate surface area is 177 Å². The molecule has 1 aromatic rings. The Morgan fingerprint density at radius 3 is 2.80 bits per heavy atom. The molecule has 1 N–H and O–H groups in total. The summed E-state index contributed by atoms with van der Waals surface area (Å²) in [7, 11) is 1.61. The number of carbonyl (C=O) groups is 1. The summed E-state index contributed by atoms with van der Waals surface area (Å²) in [6.07, 6.45) is 7.87. The van der Waals surface area contributed by atoms with Gasteiger partial charge in [0.05, 0.1) is 42.2 Å². The summed E-state index contributed by atoms with van der Waals surface area (Å²) in [5.74, 6) is 1.20. The van der Waals surface area contributed by atoms with Gasteiger partial charge in [0.15, 0.2) is 0 Å². The van der Waals surface area contributed by atoms with Crippen LogP contribution in [0.4, 0.5) is 0 Å². The van der Waals surface area contributed by atoms with Crippen LogP contribution in [0.5, 0.6) is 0 Å². The zero-order chi connectivity index (χ0) is 20.9. The Hall–Kier alpha value is -1.61. The summed E-state index contributed by atoms with van der Waals surface area (Å²) < 4.78 is 11.0. The lowest BCUT2D eigenvalue weighted by Gasteiger charge is -2.61. The Morgan fingerprint density at radius 1 is 1.37 bits per heavy atom. The molecule has 2 heterocycles. The molecule has 0 spiro atoms. The van der Waals surface area contributed by atoms with Crippen molar-refractivity contribution in [2.45, 2.75) is 63.4 Å². The second-order valence-electron chi connectivity index (χ2n) is 9.74. The summed E-state index contributed by atoms with van der Waals surface area (Å²) in [6, 6.07) is 0.107. The topological polar surface area (TPSA) is 88.0 Å². The van der Waals surface area contributed by atoms with E-state index >= 15 is 0 Å². The van der Waals surface area contributed by atoms with Gasteiger partial charge in [-0.05, 0) is 56.8 Å². The molecule has 5 fully saturated rings. The number of hydrogen-bond donors (Lipinski definition) is 1. The van der Waals surface area contributed by atoms with Crippen molar-refractivity contribution in [2.24, 2.45) is 17.8 Å². The Balaban J connectivity index is 1.51. The lowest BCUT2D eigenvalue weighted by atomic mass is 9.52. The number of nitrogens with zero attached hydrogens (tertiary/aromatic N) is 4. The van der Waals surface area contributed by atoms with Crippen LogP contribution in [0.25, 0.3) is 0 Å². The van der Waals surface area contributed by atoms with Gasteiger partial charge in [-0.15, -0.1) is 0 Å². The van der Waals surface area contributed by atoms with Gasteiger partial charge in [-0.2, -0.15) is 0 Å². The standard InChI is InChI=1S/C22H32N4O4/c1-14-11-25(3-4-30-14)26(21(27)18-10-23-13-24-19(18)12-29-2)20-16-5-15-6-17(20)9-22(28,7-15)8-16/h10,13-17,20,28H,3-9,11-12H2,1-2H3. The van der Waals surface area contributed by atoms with Crippen molar-refractivity contribution in [2.75, 3.05) is 26.8 Å². The number of rotatable bonds is 5. The van der Waals surface area contributed by atoms with Crippen molar-refractivity contribution in [3.05, 3.63) is 23.8 Å². The van der Waals surface area contributed by atoms with Crippen LogP contribution in [0.15, 0.2) is 12.5 Å². The number of carbonyl (C=O) groups excluding carboxylic acids is 1. The fourth-order valence-corrected chi connectivity index (χ4v) is 6.71. The molecule has 0 aromatic carbocycles. The van der Waals surface area contributed by atoms with Crippen molar-refractivity contribution in [1.29, 1.82) is 0 Å². The molecule has 1 aliphatic heterocycles. The van der Waals surface area contributed by atoms with Crippen molar-refractivity contribution < 1.29 is 19.4 Å². The lowest BCUT2D eigenvalue weighted by molar-refractivity contribution is -0.197. The summed E-state index contributed by atoms with van der Waals surface area (Å²) >= 11 is 0. The monoisotopic (exact) mass is 416 g/mol. The lowest BCUT2D eigenvalue weighted by Crippen LogP contribution is -2.67.